The lowest BCUT2D eigenvalue weighted by Crippen LogP contribution is -3.29. The van der Waals surface area contributed by atoms with E-state index in [-0.39, 0.29) is 10.6 Å². The van der Waals surface area contributed by atoms with Crippen LogP contribution in [0.5, 0.6) is 0 Å². The van der Waals surface area contributed by atoms with Gasteiger partial charge in [0.25, 0.3) is 5.69 Å². The normalized spacial score (nSPS) is 31.7. The third-order valence-electron chi connectivity index (χ3n) is 5.69. The molecule has 23 heavy (non-hydrogen) atoms. The summed E-state index contributed by atoms with van der Waals surface area (Å²) < 4.78 is 0. The van der Waals surface area contributed by atoms with Crippen molar-refractivity contribution in [1.82, 2.24) is 0 Å². The third kappa shape index (κ3) is 4.30. The van der Waals surface area contributed by atoms with Crippen molar-refractivity contribution in [1.29, 1.82) is 0 Å². The maximum atomic E-state index is 10.9. The van der Waals surface area contributed by atoms with E-state index in [9.17, 15) is 10.1 Å². The Hall–Kier alpha value is -1.46. The van der Waals surface area contributed by atoms with Crippen molar-refractivity contribution in [2.45, 2.75) is 45.2 Å². The molecule has 1 aromatic rings. The minimum Gasteiger partial charge on any atom is -0.323 e. The molecule has 1 aliphatic carbocycles. The number of nitrogens with zero attached hydrogens (tertiary/aromatic N) is 1. The number of rotatable bonds is 4. The zero-order valence-electron chi connectivity index (χ0n) is 14.1. The van der Waals surface area contributed by atoms with Crippen molar-refractivity contribution in [3.63, 3.8) is 0 Å². The summed E-state index contributed by atoms with van der Waals surface area (Å²) >= 11 is 0. The molecule has 2 fully saturated rings. The van der Waals surface area contributed by atoms with Crippen LogP contribution in [0.2, 0.25) is 0 Å². The van der Waals surface area contributed by atoms with Crippen LogP contribution in [0.15, 0.2) is 24.3 Å². The summed E-state index contributed by atoms with van der Waals surface area (Å²) in [6.07, 6.45) is 5.61. The molecule has 5 nitrogen and oxygen atoms in total. The molecule has 1 aliphatic heterocycles. The van der Waals surface area contributed by atoms with Gasteiger partial charge in [-0.25, -0.2) is 0 Å². The minimum absolute atomic E-state index is 0.211. The van der Waals surface area contributed by atoms with Gasteiger partial charge in [-0.05, 0) is 18.8 Å². The Balaban J connectivity index is 1.51. The number of hydrogen-bond donors (Lipinski definition) is 2. The smallest absolute Gasteiger partial charge is 0.269 e. The zero-order valence-corrected chi connectivity index (χ0v) is 14.1. The number of nitro groups is 1. The quantitative estimate of drug-likeness (QED) is 0.626. The predicted octanol–water partition coefficient (Wildman–Crippen LogP) is 0.457. The van der Waals surface area contributed by atoms with Crippen LogP contribution >= 0.6 is 0 Å². The molecule has 1 heterocycles. The van der Waals surface area contributed by atoms with Crippen LogP contribution in [0.4, 0.5) is 5.69 Å². The Labute approximate surface area is 138 Å². The predicted molar refractivity (Wildman–Crippen MR) is 89.6 cm³/mol. The van der Waals surface area contributed by atoms with Crippen LogP contribution in [0, 0.1) is 16.0 Å². The van der Waals surface area contributed by atoms with E-state index in [0.29, 0.717) is 0 Å². The molecule has 3 rings (SSSR count). The van der Waals surface area contributed by atoms with Gasteiger partial charge in [0.05, 0.1) is 11.0 Å². The lowest BCUT2D eigenvalue weighted by molar-refractivity contribution is -1.03. The molecule has 0 amide bonds. The van der Waals surface area contributed by atoms with Gasteiger partial charge in [-0.3, -0.25) is 10.1 Å². The number of quaternary nitrogens is 2. The lowest BCUT2D eigenvalue weighted by atomic mass is 9.86. The Kier molecular flexibility index (Phi) is 5.28. The van der Waals surface area contributed by atoms with Crippen molar-refractivity contribution in [2.75, 3.05) is 26.2 Å². The molecule has 1 saturated heterocycles. The Morgan fingerprint density at radius 3 is 2.70 bits per heavy atom. The summed E-state index contributed by atoms with van der Waals surface area (Å²) in [7, 11) is 0. The number of nitrogens with one attached hydrogen (secondary N) is 2. The van der Waals surface area contributed by atoms with Crippen LogP contribution in [-0.4, -0.2) is 37.1 Å². The summed E-state index contributed by atoms with van der Waals surface area (Å²) in [6, 6.07) is 8.00. The second kappa shape index (κ2) is 7.41. The van der Waals surface area contributed by atoms with E-state index in [1.807, 2.05) is 6.07 Å². The van der Waals surface area contributed by atoms with Gasteiger partial charge in [-0.1, -0.05) is 25.5 Å². The van der Waals surface area contributed by atoms with Crippen molar-refractivity contribution in [3.8, 4) is 0 Å². The van der Waals surface area contributed by atoms with E-state index in [1.165, 1.54) is 51.9 Å². The number of benzene rings is 1. The summed E-state index contributed by atoms with van der Waals surface area (Å²) in [5.74, 6) is 0.900. The molecule has 5 heteroatoms. The summed E-state index contributed by atoms with van der Waals surface area (Å²) in [5, 5.41) is 10.9. The first-order valence-corrected chi connectivity index (χ1v) is 9.03. The molecule has 0 radical (unpaired) electrons. The van der Waals surface area contributed by atoms with Gasteiger partial charge in [0.15, 0.2) is 0 Å². The molecule has 2 N–H and O–H groups in total. The van der Waals surface area contributed by atoms with Crippen molar-refractivity contribution < 1.29 is 14.7 Å². The van der Waals surface area contributed by atoms with Crippen LogP contribution in [0.25, 0.3) is 0 Å². The second-order valence-electron chi connectivity index (χ2n) is 7.48. The summed E-state index contributed by atoms with van der Waals surface area (Å²) in [4.78, 5) is 14.0. The first kappa shape index (κ1) is 16.4. The highest BCUT2D eigenvalue weighted by Crippen LogP contribution is 2.21. The highest BCUT2D eigenvalue weighted by molar-refractivity contribution is 5.33. The van der Waals surface area contributed by atoms with E-state index in [2.05, 4.69) is 6.92 Å². The van der Waals surface area contributed by atoms with E-state index in [1.54, 1.807) is 28.0 Å². The molecule has 1 aromatic carbocycles. The van der Waals surface area contributed by atoms with Crippen LogP contribution < -0.4 is 9.80 Å². The Bertz CT molecular complexity index is 541. The minimum atomic E-state index is -0.300. The maximum absolute atomic E-state index is 10.9. The number of nitro benzene ring substituents is 1. The lowest BCUT2D eigenvalue weighted by Gasteiger charge is -2.37. The van der Waals surface area contributed by atoms with Gasteiger partial charge in [-0.2, -0.15) is 0 Å². The van der Waals surface area contributed by atoms with Gasteiger partial charge >= 0.3 is 0 Å². The number of piperazine rings is 1. The molecule has 0 spiro atoms. The van der Waals surface area contributed by atoms with Crippen molar-refractivity contribution >= 4 is 5.69 Å². The molecular formula is C18H29N3O2+2. The molecule has 0 bridgehead atoms. The van der Waals surface area contributed by atoms with E-state index >= 15 is 0 Å². The van der Waals surface area contributed by atoms with Crippen LogP contribution in [0.3, 0.4) is 0 Å². The van der Waals surface area contributed by atoms with E-state index in [0.717, 1.165) is 24.1 Å². The highest BCUT2D eigenvalue weighted by atomic mass is 16.6. The fourth-order valence-corrected chi connectivity index (χ4v) is 4.38. The van der Waals surface area contributed by atoms with Gasteiger partial charge in [0, 0.05) is 24.1 Å². The highest BCUT2D eigenvalue weighted by Gasteiger charge is 2.32. The SMILES string of the molecule is C[C@H]1CCC[C@@H]([NH+]2CC[NH+](Cc3cccc([N+](=O)[O-])c3)CC2)C1. The second-order valence-corrected chi connectivity index (χ2v) is 7.48. The molecule has 0 unspecified atom stereocenters. The third-order valence-corrected chi connectivity index (χ3v) is 5.69. The van der Waals surface area contributed by atoms with Crippen LogP contribution in [0.1, 0.15) is 38.2 Å². The maximum Gasteiger partial charge on any atom is 0.269 e. The van der Waals surface area contributed by atoms with Crippen molar-refractivity contribution in [3.05, 3.63) is 39.9 Å². The molecule has 1 saturated carbocycles. The molecule has 2 aliphatic rings. The monoisotopic (exact) mass is 319 g/mol. The fraction of sp³-hybridized carbons (Fsp3) is 0.667. The Morgan fingerprint density at radius 2 is 2.00 bits per heavy atom. The fourth-order valence-electron chi connectivity index (χ4n) is 4.38. The zero-order chi connectivity index (χ0) is 16.2. The van der Waals surface area contributed by atoms with E-state index in [4.69, 9.17) is 0 Å². The average Bonchev–Trinajstić information content (AvgIpc) is 2.56. The van der Waals surface area contributed by atoms with E-state index < -0.39 is 0 Å². The average molecular weight is 319 g/mol. The molecule has 2 atom stereocenters. The Morgan fingerprint density at radius 1 is 1.22 bits per heavy atom. The first-order chi connectivity index (χ1) is 11.1. The standard InChI is InChI=1S/C18H27N3O2/c1-15-4-2-6-17(12-15)20-10-8-19(9-11-20)14-16-5-3-7-18(13-16)21(22)23/h3,5,7,13,15,17H,2,4,6,8-12,14H2,1H3/p+2/t15-,17+/m0/s1. The molecule has 0 aromatic heterocycles. The molecule has 126 valence electrons. The van der Waals surface area contributed by atoms with Gasteiger partial charge < -0.3 is 9.80 Å². The summed E-state index contributed by atoms with van der Waals surface area (Å²) in [6.45, 7) is 8.18. The summed E-state index contributed by atoms with van der Waals surface area (Å²) in [5.41, 5.74) is 1.30. The van der Waals surface area contributed by atoms with Gasteiger partial charge in [-0.15, -0.1) is 0 Å². The van der Waals surface area contributed by atoms with Crippen LogP contribution in [-0.2, 0) is 6.54 Å². The molecular weight excluding hydrogens is 290 g/mol. The first-order valence-electron chi connectivity index (χ1n) is 9.03. The van der Waals surface area contributed by atoms with Gasteiger partial charge in [0.2, 0.25) is 0 Å². The largest absolute Gasteiger partial charge is 0.323 e. The van der Waals surface area contributed by atoms with Crippen molar-refractivity contribution in [2.24, 2.45) is 5.92 Å². The number of hydrogen-bond acceptors (Lipinski definition) is 2. The number of non-ortho nitro benzene ring substituents is 1. The topological polar surface area (TPSA) is 52.0 Å². The van der Waals surface area contributed by atoms with Gasteiger partial charge in [0.1, 0.15) is 32.7 Å².